The first-order chi connectivity index (χ1) is 11.3. The van der Waals surface area contributed by atoms with Crippen molar-refractivity contribution in [1.82, 2.24) is 5.32 Å². The Balaban J connectivity index is 2.77. The van der Waals surface area contributed by atoms with Crippen LogP contribution in [0.25, 0.3) is 0 Å². The lowest BCUT2D eigenvalue weighted by Crippen LogP contribution is -2.47. The second kappa shape index (κ2) is 8.71. The minimum Gasteiger partial charge on any atom is -0.372 e. The molecule has 1 aromatic rings. The molecule has 0 fully saturated rings. The molecule has 1 aromatic carbocycles. The van der Waals surface area contributed by atoms with Gasteiger partial charge in [0.2, 0.25) is 11.8 Å². The van der Waals surface area contributed by atoms with Gasteiger partial charge >= 0.3 is 0 Å². The molecule has 0 saturated heterocycles. The highest BCUT2D eigenvalue weighted by Gasteiger charge is 2.36. The predicted molar refractivity (Wildman–Crippen MR) is 100 cm³/mol. The van der Waals surface area contributed by atoms with E-state index in [1.165, 1.54) is 0 Å². The van der Waals surface area contributed by atoms with E-state index >= 15 is 0 Å². The van der Waals surface area contributed by atoms with Gasteiger partial charge in [0.15, 0.2) is 0 Å². The highest BCUT2D eigenvalue weighted by atomic mass is 16.2. The van der Waals surface area contributed by atoms with Crippen molar-refractivity contribution >= 4 is 23.2 Å². The third-order valence-corrected chi connectivity index (χ3v) is 4.38. The number of anilines is 2. The highest BCUT2D eigenvalue weighted by molar-refractivity contribution is 6.09. The number of hydrogen-bond acceptors (Lipinski definition) is 3. The van der Waals surface area contributed by atoms with Crippen molar-refractivity contribution in [1.29, 1.82) is 0 Å². The summed E-state index contributed by atoms with van der Waals surface area (Å²) < 4.78 is 0. The van der Waals surface area contributed by atoms with E-state index in [4.69, 9.17) is 0 Å². The van der Waals surface area contributed by atoms with Crippen LogP contribution in [0.3, 0.4) is 0 Å². The molecule has 0 heterocycles. The Hall–Kier alpha value is -2.04. The molecule has 5 nitrogen and oxygen atoms in total. The molecule has 134 valence electrons. The SMILES string of the molecule is CCC(C)NC(=O)C(C)(C)C(=O)Nc1ccc(N(CC)CC)cc1. The minimum absolute atomic E-state index is 0.0536. The summed E-state index contributed by atoms with van der Waals surface area (Å²) >= 11 is 0. The van der Waals surface area contributed by atoms with Crippen molar-refractivity contribution < 1.29 is 9.59 Å². The second-order valence-electron chi connectivity index (χ2n) is 6.58. The number of nitrogens with one attached hydrogen (secondary N) is 2. The number of hydrogen-bond donors (Lipinski definition) is 2. The van der Waals surface area contributed by atoms with Gasteiger partial charge in [-0.3, -0.25) is 9.59 Å². The molecule has 0 aliphatic carbocycles. The van der Waals surface area contributed by atoms with Crippen molar-refractivity contribution in [3.63, 3.8) is 0 Å². The van der Waals surface area contributed by atoms with E-state index in [0.717, 1.165) is 25.2 Å². The summed E-state index contributed by atoms with van der Waals surface area (Å²) in [5, 5.41) is 5.71. The predicted octanol–water partition coefficient (Wildman–Crippen LogP) is 3.41. The molecule has 0 spiro atoms. The van der Waals surface area contributed by atoms with Gasteiger partial charge in [0.05, 0.1) is 0 Å². The van der Waals surface area contributed by atoms with Crippen LogP contribution in [0.15, 0.2) is 24.3 Å². The molecule has 5 heteroatoms. The number of nitrogens with zero attached hydrogens (tertiary/aromatic N) is 1. The Bertz CT molecular complexity index is 548. The fraction of sp³-hybridized carbons (Fsp3) is 0.579. The van der Waals surface area contributed by atoms with Crippen molar-refractivity contribution in [2.45, 2.75) is 54.0 Å². The zero-order valence-electron chi connectivity index (χ0n) is 15.8. The average Bonchev–Trinajstić information content (AvgIpc) is 2.57. The lowest BCUT2D eigenvalue weighted by molar-refractivity contribution is -0.138. The van der Waals surface area contributed by atoms with Gasteiger partial charge in [-0.15, -0.1) is 0 Å². The van der Waals surface area contributed by atoms with E-state index in [9.17, 15) is 9.59 Å². The summed E-state index contributed by atoms with van der Waals surface area (Å²) in [7, 11) is 0. The maximum Gasteiger partial charge on any atom is 0.239 e. The van der Waals surface area contributed by atoms with Gasteiger partial charge in [-0.2, -0.15) is 0 Å². The quantitative estimate of drug-likeness (QED) is 0.717. The van der Waals surface area contributed by atoms with Gasteiger partial charge in [0.25, 0.3) is 0 Å². The van der Waals surface area contributed by atoms with Crippen LogP contribution in [0.2, 0.25) is 0 Å². The average molecular weight is 333 g/mol. The lowest BCUT2D eigenvalue weighted by atomic mass is 9.90. The molecule has 1 rings (SSSR count). The van der Waals surface area contributed by atoms with Crippen molar-refractivity contribution in [3.8, 4) is 0 Å². The van der Waals surface area contributed by atoms with Crippen LogP contribution in [0, 0.1) is 5.41 Å². The molecule has 0 aromatic heterocycles. The molecule has 0 radical (unpaired) electrons. The van der Waals surface area contributed by atoms with Crippen LogP contribution in [0.4, 0.5) is 11.4 Å². The lowest BCUT2D eigenvalue weighted by Gasteiger charge is -2.25. The van der Waals surface area contributed by atoms with E-state index in [-0.39, 0.29) is 17.9 Å². The molecular formula is C19H31N3O2. The normalized spacial score (nSPS) is 12.4. The van der Waals surface area contributed by atoms with Gasteiger partial charge < -0.3 is 15.5 Å². The zero-order chi connectivity index (χ0) is 18.3. The minimum atomic E-state index is -1.12. The van der Waals surface area contributed by atoms with Crippen LogP contribution < -0.4 is 15.5 Å². The molecule has 0 bridgehead atoms. The highest BCUT2D eigenvalue weighted by Crippen LogP contribution is 2.22. The first-order valence-electron chi connectivity index (χ1n) is 8.73. The maximum atomic E-state index is 12.5. The van der Waals surface area contributed by atoms with Gasteiger partial charge in [-0.25, -0.2) is 0 Å². The topological polar surface area (TPSA) is 61.4 Å². The Morgan fingerprint density at radius 3 is 2.04 bits per heavy atom. The molecule has 0 aliphatic heterocycles. The first-order valence-corrected chi connectivity index (χ1v) is 8.73. The molecule has 24 heavy (non-hydrogen) atoms. The standard InChI is InChI=1S/C19H31N3O2/c1-7-14(4)20-17(23)19(5,6)18(24)21-15-10-12-16(13-11-15)22(8-2)9-3/h10-14H,7-9H2,1-6H3,(H,20,23)(H,21,24). The first kappa shape index (κ1) is 20.0. The Labute approximate surface area is 145 Å². The van der Waals surface area contributed by atoms with E-state index in [1.807, 2.05) is 38.1 Å². The Morgan fingerprint density at radius 2 is 1.58 bits per heavy atom. The number of benzene rings is 1. The summed E-state index contributed by atoms with van der Waals surface area (Å²) in [5.41, 5.74) is 0.688. The van der Waals surface area contributed by atoms with Gasteiger partial charge in [0, 0.05) is 30.5 Å². The Kier molecular flexibility index (Phi) is 7.26. The van der Waals surface area contributed by atoms with Gasteiger partial charge in [0.1, 0.15) is 5.41 Å². The molecule has 0 aliphatic rings. The van der Waals surface area contributed by atoms with E-state index in [0.29, 0.717) is 5.69 Å². The van der Waals surface area contributed by atoms with Gasteiger partial charge in [-0.1, -0.05) is 6.92 Å². The summed E-state index contributed by atoms with van der Waals surface area (Å²) in [6, 6.07) is 7.75. The molecule has 2 amide bonds. The summed E-state index contributed by atoms with van der Waals surface area (Å²) in [6.45, 7) is 13.3. The van der Waals surface area contributed by atoms with Crippen LogP contribution in [0.5, 0.6) is 0 Å². The number of carbonyl (C=O) groups excluding carboxylic acids is 2. The monoisotopic (exact) mass is 333 g/mol. The number of rotatable bonds is 8. The summed E-state index contributed by atoms with van der Waals surface area (Å²) in [6.07, 6.45) is 0.830. The number of carbonyl (C=O) groups is 2. The van der Waals surface area contributed by atoms with Crippen LogP contribution >= 0.6 is 0 Å². The van der Waals surface area contributed by atoms with Crippen molar-refractivity contribution in [2.75, 3.05) is 23.3 Å². The Morgan fingerprint density at radius 1 is 1.04 bits per heavy atom. The molecule has 1 atom stereocenters. The van der Waals surface area contributed by atoms with Crippen LogP contribution in [-0.4, -0.2) is 30.9 Å². The maximum absolute atomic E-state index is 12.5. The fourth-order valence-electron chi connectivity index (χ4n) is 2.24. The molecule has 2 N–H and O–H groups in total. The fourth-order valence-corrected chi connectivity index (χ4v) is 2.24. The summed E-state index contributed by atoms with van der Waals surface area (Å²) in [4.78, 5) is 27.0. The van der Waals surface area contributed by atoms with Gasteiger partial charge in [-0.05, 0) is 65.3 Å². The zero-order valence-corrected chi connectivity index (χ0v) is 15.8. The van der Waals surface area contributed by atoms with Crippen LogP contribution in [0.1, 0.15) is 48.0 Å². The molecular weight excluding hydrogens is 302 g/mol. The smallest absolute Gasteiger partial charge is 0.239 e. The second-order valence-corrected chi connectivity index (χ2v) is 6.58. The van der Waals surface area contributed by atoms with Crippen LogP contribution in [-0.2, 0) is 9.59 Å². The van der Waals surface area contributed by atoms with Crippen molar-refractivity contribution in [2.24, 2.45) is 5.41 Å². The largest absolute Gasteiger partial charge is 0.372 e. The summed E-state index contributed by atoms with van der Waals surface area (Å²) in [5.74, 6) is -0.562. The van der Waals surface area contributed by atoms with Crippen molar-refractivity contribution in [3.05, 3.63) is 24.3 Å². The van der Waals surface area contributed by atoms with E-state index in [2.05, 4.69) is 29.4 Å². The van der Waals surface area contributed by atoms with E-state index < -0.39 is 5.41 Å². The number of amides is 2. The third-order valence-electron chi connectivity index (χ3n) is 4.38. The third kappa shape index (κ3) is 4.98. The molecule has 0 saturated carbocycles. The molecule has 1 unspecified atom stereocenters. The van der Waals surface area contributed by atoms with E-state index in [1.54, 1.807) is 13.8 Å².